The van der Waals surface area contributed by atoms with E-state index >= 15 is 0 Å². The van der Waals surface area contributed by atoms with Gasteiger partial charge in [0, 0.05) is 12.4 Å². The van der Waals surface area contributed by atoms with E-state index < -0.39 is 0 Å². The largest absolute Gasteiger partial charge is 0.368 e. The standard InChI is InChI=1S/C10H22.C6H7N/c1-3-5-7-9-10-8-6-4-2;1-2-4-6-7-5-3-1/h3-10H2,1-2H3;1-7H. The Morgan fingerprint density at radius 3 is 1.41 bits per heavy atom. The second kappa shape index (κ2) is 15.0. The van der Waals surface area contributed by atoms with Gasteiger partial charge in [0.2, 0.25) is 0 Å². The van der Waals surface area contributed by atoms with Crippen LogP contribution in [0.1, 0.15) is 65.2 Å². The number of unbranched alkanes of at least 4 members (excludes halogenated alkanes) is 7. The van der Waals surface area contributed by atoms with Crippen molar-refractivity contribution < 1.29 is 0 Å². The summed E-state index contributed by atoms with van der Waals surface area (Å²) in [6.45, 7) is 4.54. The van der Waals surface area contributed by atoms with Crippen LogP contribution in [0.5, 0.6) is 0 Å². The molecule has 1 N–H and O–H groups in total. The number of hydrogen-bond donors (Lipinski definition) is 1. The molecule has 1 aliphatic heterocycles. The van der Waals surface area contributed by atoms with Crippen molar-refractivity contribution in [1.29, 1.82) is 0 Å². The normalized spacial score (nSPS) is 12.6. The third-order valence-corrected chi connectivity index (χ3v) is 2.68. The van der Waals surface area contributed by atoms with E-state index in [1.54, 1.807) is 0 Å². The molecule has 0 atom stereocenters. The van der Waals surface area contributed by atoms with Crippen molar-refractivity contribution in [3.63, 3.8) is 0 Å². The molecule has 0 saturated carbocycles. The zero-order valence-corrected chi connectivity index (χ0v) is 11.6. The predicted molar refractivity (Wildman–Crippen MR) is 78.8 cm³/mol. The van der Waals surface area contributed by atoms with Gasteiger partial charge in [-0.15, -0.1) is 0 Å². The van der Waals surface area contributed by atoms with Gasteiger partial charge in [0.25, 0.3) is 0 Å². The highest BCUT2D eigenvalue weighted by atomic mass is 14.8. The maximum atomic E-state index is 2.92. The molecule has 0 unspecified atom stereocenters. The van der Waals surface area contributed by atoms with E-state index in [0.29, 0.717) is 0 Å². The van der Waals surface area contributed by atoms with Gasteiger partial charge < -0.3 is 5.32 Å². The van der Waals surface area contributed by atoms with Crippen molar-refractivity contribution in [1.82, 2.24) is 5.32 Å². The lowest BCUT2D eigenvalue weighted by Crippen LogP contribution is -1.87. The smallest absolute Gasteiger partial charge is 0.000442 e. The molecule has 1 aliphatic rings. The van der Waals surface area contributed by atoms with Gasteiger partial charge in [-0.3, -0.25) is 0 Å². The van der Waals surface area contributed by atoms with Gasteiger partial charge in [0.15, 0.2) is 0 Å². The summed E-state index contributed by atoms with van der Waals surface area (Å²) in [5, 5.41) is 2.92. The van der Waals surface area contributed by atoms with Crippen molar-refractivity contribution in [2.75, 3.05) is 0 Å². The topological polar surface area (TPSA) is 12.0 Å². The Morgan fingerprint density at radius 2 is 1.00 bits per heavy atom. The van der Waals surface area contributed by atoms with E-state index in [-0.39, 0.29) is 0 Å². The van der Waals surface area contributed by atoms with E-state index in [2.05, 4.69) is 19.2 Å². The summed E-state index contributed by atoms with van der Waals surface area (Å²) in [7, 11) is 0. The monoisotopic (exact) mass is 235 g/mol. The summed E-state index contributed by atoms with van der Waals surface area (Å²) in [6.07, 6.45) is 23.0. The van der Waals surface area contributed by atoms with Crippen molar-refractivity contribution in [2.45, 2.75) is 65.2 Å². The van der Waals surface area contributed by atoms with Crippen LogP contribution < -0.4 is 5.32 Å². The molecule has 0 saturated heterocycles. The van der Waals surface area contributed by atoms with E-state index in [9.17, 15) is 0 Å². The summed E-state index contributed by atoms with van der Waals surface area (Å²) < 4.78 is 0. The van der Waals surface area contributed by atoms with Gasteiger partial charge in [-0.05, 0) is 12.2 Å². The molecular weight excluding hydrogens is 206 g/mol. The van der Waals surface area contributed by atoms with Crippen LogP contribution in [-0.4, -0.2) is 0 Å². The van der Waals surface area contributed by atoms with E-state index in [0.717, 1.165) is 0 Å². The highest BCUT2D eigenvalue weighted by Crippen LogP contribution is 2.07. The molecule has 0 aromatic carbocycles. The van der Waals surface area contributed by atoms with Gasteiger partial charge >= 0.3 is 0 Å². The molecular formula is C16H29N. The number of nitrogens with one attached hydrogen (secondary N) is 1. The first-order valence-electron chi connectivity index (χ1n) is 7.16. The van der Waals surface area contributed by atoms with E-state index in [1.165, 1.54) is 51.4 Å². The molecule has 0 aromatic rings. The molecule has 0 aliphatic carbocycles. The minimum absolute atomic E-state index is 1.37. The van der Waals surface area contributed by atoms with Crippen LogP contribution in [0.3, 0.4) is 0 Å². The maximum Gasteiger partial charge on any atom is 0.000442 e. The highest BCUT2D eigenvalue weighted by molar-refractivity contribution is 5.14. The first kappa shape index (κ1) is 16.0. The summed E-state index contributed by atoms with van der Waals surface area (Å²) in [4.78, 5) is 0. The van der Waals surface area contributed by atoms with Crippen molar-refractivity contribution in [3.05, 3.63) is 36.7 Å². The zero-order valence-electron chi connectivity index (χ0n) is 11.6. The predicted octanol–water partition coefficient (Wildman–Crippen LogP) is 5.32. The Bertz CT molecular complexity index is 192. The fourth-order valence-corrected chi connectivity index (χ4v) is 1.61. The maximum absolute atomic E-state index is 2.92. The fourth-order valence-electron chi connectivity index (χ4n) is 1.61. The minimum Gasteiger partial charge on any atom is -0.368 e. The summed E-state index contributed by atoms with van der Waals surface area (Å²) in [5.74, 6) is 0. The SMILES string of the molecule is C1=CC=CNC=C1.CCCCCCCCCC. The molecule has 0 radical (unpaired) electrons. The summed E-state index contributed by atoms with van der Waals surface area (Å²) in [5.41, 5.74) is 0. The molecule has 17 heavy (non-hydrogen) atoms. The second-order valence-electron chi connectivity index (χ2n) is 4.39. The van der Waals surface area contributed by atoms with Crippen LogP contribution in [0.15, 0.2) is 36.7 Å². The Kier molecular flexibility index (Phi) is 14.2. The molecule has 0 spiro atoms. The Labute approximate surface area is 108 Å². The Morgan fingerprint density at radius 1 is 0.588 bits per heavy atom. The summed E-state index contributed by atoms with van der Waals surface area (Å²) in [6, 6.07) is 0. The van der Waals surface area contributed by atoms with Crippen LogP contribution in [0.25, 0.3) is 0 Å². The lowest BCUT2D eigenvalue weighted by Gasteiger charge is -1.97. The van der Waals surface area contributed by atoms with Gasteiger partial charge in [-0.25, -0.2) is 0 Å². The number of allylic oxidation sites excluding steroid dienone is 4. The van der Waals surface area contributed by atoms with Crippen LogP contribution in [-0.2, 0) is 0 Å². The number of hydrogen-bond acceptors (Lipinski definition) is 1. The lowest BCUT2D eigenvalue weighted by molar-refractivity contribution is 0.585. The van der Waals surface area contributed by atoms with Crippen molar-refractivity contribution >= 4 is 0 Å². The van der Waals surface area contributed by atoms with Gasteiger partial charge in [-0.2, -0.15) is 0 Å². The van der Waals surface area contributed by atoms with Gasteiger partial charge in [0.05, 0.1) is 0 Å². The molecule has 0 amide bonds. The zero-order chi connectivity index (χ0) is 12.6. The minimum atomic E-state index is 1.37. The van der Waals surface area contributed by atoms with Crippen LogP contribution in [0.2, 0.25) is 0 Å². The highest BCUT2D eigenvalue weighted by Gasteiger charge is 1.87. The van der Waals surface area contributed by atoms with Crippen molar-refractivity contribution in [2.24, 2.45) is 0 Å². The van der Waals surface area contributed by atoms with E-state index in [1.807, 2.05) is 36.7 Å². The molecule has 1 nitrogen and oxygen atoms in total. The molecule has 1 heterocycles. The molecule has 98 valence electrons. The second-order valence-corrected chi connectivity index (χ2v) is 4.39. The quantitative estimate of drug-likeness (QED) is 0.589. The van der Waals surface area contributed by atoms with Crippen LogP contribution >= 0.6 is 0 Å². The Hall–Kier alpha value is -0.980. The van der Waals surface area contributed by atoms with Gasteiger partial charge in [0.1, 0.15) is 0 Å². The third-order valence-electron chi connectivity index (χ3n) is 2.68. The van der Waals surface area contributed by atoms with E-state index in [4.69, 9.17) is 0 Å². The molecule has 0 aromatic heterocycles. The third kappa shape index (κ3) is 15.0. The number of rotatable bonds is 7. The average Bonchev–Trinajstić information content (AvgIpc) is 2.67. The van der Waals surface area contributed by atoms with Crippen molar-refractivity contribution in [3.8, 4) is 0 Å². The molecule has 0 fully saturated rings. The lowest BCUT2D eigenvalue weighted by atomic mass is 10.1. The first-order valence-corrected chi connectivity index (χ1v) is 7.16. The molecule has 1 rings (SSSR count). The van der Waals surface area contributed by atoms with Gasteiger partial charge in [-0.1, -0.05) is 77.4 Å². The van der Waals surface area contributed by atoms with Crippen LogP contribution in [0, 0.1) is 0 Å². The average molecular weight is 235 g/mol. The molecule has 0 bridgehead atoms. The summed E-state index contributed by atoms with van der Waals surface area (Å²) >= 11 is 0. The van der Waals surface area contributed by atoms with Crippen LogP contribution in [0.4, 0.5) is 0 Å². The molecule has 1 heteroatoms. The Balaban J connectivity index is 0.000000318. The fraction of sp³-hybridized carbons (Fsp3) is 0.625. The first-order chi connectivity index (χ1) is 8.41.